The summed E-state index contributed by atoms with van der Waals surface area (Å²) < 4.78 is 47.1. The predicted octanol–water partition coefficient (Wildman–Crippen LogP) is 11.1. The molecule has 4 aromatic carbocycles. The Balaban J connectivity index is 1.32. The summed E-state index contributed by atoms with van der Waals surface area (Å²) in [5, 5.41) is 35.9. The first kappa shape index (κ1) is 47.8. The van der Waals surface area contributed by atoms with Crippen LogP contribution >= 0.6 is 34.4 Å². The van der Waals surface area contributed by atoms with Crippen molar-refractivity contribution in [2.45, 2.75) is 51.6 Å². The number of thiazole rings is 2. The molecule has 0 aliphatic rings. The quantitative estimate of drug-likeness (QED) is 0.0315. The van der Waals surface area contributed by atoms with E-state index in [4.69, 9.17) is 24.4 Å². The molecular weight excluding hydrogens is 923 g/mol. The summed E-state index contributed by atoms with van der Waals surface area (Å²) in [6, 6.07) is 16.1. The summed E-state index contributed by atoms with van der Waals surface area (Å²) in [7, 11) is -1.26. The summed E-state index contributed by atoms with van der Waals surface area (Å²) in [6.45, 7) is 14.5. The van der Waals surface area contributed by atoms with Gasteiger partial charge in [-0.3, -0.25) is 4.55 Å². The van der Waals surface area contributed by atoms with E-state index < -0.39 is 10.1 Å². The number of aliphatic hydroxyl groups excluding tert-OH is 1. The molecule has 346 valence electrons. The van der Waals surface area contributed by atoms with E-state index in [-0.39, 0.29) is 28.5 Å². The number of azo groups is 2. The summed E-state index contributed by atoms with van der Waals surface area (Å²) in [5.41, 5.74) is 6.20. The number of ether oxygens (including phenoxy) is 2. The molecule has 0 fully saturated rings. The maximum absolute atomic E-state index is 12.0. The second-order valence-electron chi connectivity index (χ2n) is 14.3. The Hall–Kier alpha value is -6.11. The van der Waals surface area contributed by atoms with Crippen molar-refractivity contribution in [1.82, 2.24) is 24.9 Å². The van der Waals surface area contributed by atoms with E-state index >= 15 is 0 Å². The molecular formula is C43H49N13O6S4. The van der Waals surface area contributed by atoms with Crippen molar-refractivity contribution < 1.29 is 27.6 Å². The third-order valence-corrected chi connectivity index (χ3v) is 14.3. The van der Waals surface area contributed by atoms with Gasteiger partial charge in [0.1, 0.15) is 22.9 Å². The van der Waals surface area contributed by atoms with Crippen LogP contribution in [0.5, 0.6) is 11.5 Å². The number of anilines is 6. The number of rotatable bonds is 20. The fraction of sp³-hybridized carbons (Fsp3) is 0.326. The van der Waals surface area contributed by atoms with Crippen LogP contribution in [-0.4, -0.2) is 95.8 Å². The molecule has 0 amide bonds. The largest absolute Gasteiger partial charge is 0.494 e. The SMILES string of the molecule is CCN(CC)c1cc(Nc2nc(Nc3cc(N(CC)CC)c(OC)cc3N=Nc3nc4ccc(S(=O)(=O)O)c(C)c4s3)nc(SCCO)n2)c(N=Nc2nc3cccc(C)c3s2)cc1OC. The molecule has 3 heterocycles. The van der Waals surface area contributed by atoms with Crippen LogP contribution in [0.15, 0.2) is 85.1 Å². The zero-order valence-electron chi connectivity index (χ0n) is 37.5. The van der Waals surface area contributed by atoms with Gasteiger partial charge >= 0.3 is 0 Å². The van der Waals surface area contributed by atoms with Crippen molar-refractivity contribution in [3.05, 3.63) is 65.7 Å². The normalized spacial score (nSPS) is 11.9. The first-order valence-corrected chi connectivity index (χ1v) is 24.9. The highest BCUT2D eigenvalue weighted by atomic mass is 32.2. The minimum absolute atomic E-state index is 0.109. The lowest BCUT2D eigenvalue weighted by atomic mass is 10.2. The van der Waals surface area contributed by atoms with Crippen molar-refractivity contribution in [3.63, 3.8) is 0 Å². The van der Waals surface area contributed by atoms with E-state index in [2.05, 4.69) is 64.7 Å². The molecule has 7 rings (SSSR count). The molecule has 0 radical (unpaired) electrons. The van der Waals surface area contributed by atoms with Gasteiger partial charge in [0.2, 0.25) is 22.2 Å². The predicted molar refractivity (Wildman–Crippen MR) is 264 cm³/mol. The van der Waals surface area contributed by atoms with Gasteiger partial charge in [0.25, 0.3) is 10.1 Å². The molecule has 23 heteroatoms. The monoisotopic (exact) mass is 971 g/mol. The highest BCUT2D eigenvalue weighted by Crippen LogP contribution is 2.44. The van der Waals surface area contributed by atoms with Crippen LogP contribution in [0.4, 0.5) is 56.3 Å². The maximum atomic E-state index is 12.0. The van der Waals surface area contributed by atoms with Crippen molar-refractivity contribution in [2.24, 2.45) is 20.5 Å². The third kappa shape index (κ3) is 10.6. The Morgan fingerprint density at radius 3 is 1.68 bits per heavy atom. The Morgan fingerprint density at radius 2 is 1.21 bits per heavy atom. The number of hydrogen-bond acceptors (Lipinski definition) is 21. The second kappa shape index (κ2) is 21.0. The molecule has 0 bridgehead atoms. The molecule has 7 aromatic rings. The van der Waals surface area contributed by atoms with Crippen LogP contribution in [0.25, 0.3) is 20.4 Å². The minimum atomic E-state index is -4.44. The van der Waals surface area contributed by atoms with Crippen LogP contribution in [-0.2, 0) is 10.1 Å². The summed E-state index contributed by atoms with van der Waals surface area (Å²) in [4.78, 5) is 27.6. The first-order chi connectivity index (χ1) is 31.8. The van der Waals surface area contributed by atoms with Crippen molar-refractivity contribution in [1.29, 1.82) is 0 Å². The molecule has 19 nitrogen and oxygen atoms in total. The van der Waals surface area contributed by atoms with Crippen LogP contribution in [0.2, 0.25) is 0 Å². The third-order valence-electron chi connectivity index (χ3n) is 10.3. The highest BCUT2D eigenvalue weighted by molar-refractivity contribution is 7.99. The molecule has 0 saturated carbocycles. The first-order valence-electron chi connectivity index (χ1n) is 20.9. The second-order valence-corrected chi connectivity index (χ2v) is 18.7. The number of methoxy groups -OCH3 is 2. The van der Waals surface area contributed by atoms with Gasteiger partial charge in [-0.25, -0.2) is 9.97 Å². The molecule has 4 N–H and O–H groups in total. The van der Waals surface area contributed by atoms with E-state index in [9.17, 15) is 18.1 Å². The minimum Gasteiger partial charge on any atom is -0.494 e. The van der Waals surface area contributed by atoms with Crippen LogP contribution in [0, 0.1) is 13.8 Å². The smallest absolute Gasteiger partial charge is 0.294 e. The molecule has 0 unspecified atom stereocenters. The molecule has 0 atom stereocenters. The number of thioether (sulfide) groups is 1. The van der Waals surface area contributed by atoms with Crippen molar-refractivity contribution in [2.75, 3.05) is 73.2 Å². The topological polar surface area (TPSA) is 237 Å². The number of aromatic nitrogens is 5. The fourth-order valence-electron chi connectivity index (χ4n) is 7.07. The number of hydrogen-bond donors (Lipinski definition) is 4. The maximum Gasteiger partial charge on any atom is 0.294 e. The van der Waals surface area contributed by atoms with Gasteiger partial charge in [-0.1, -0.05) is 46.6 Å². The van der Waals surface area contributed by atoms with E-state index in [1.807, 2.05) is 57.2 Å². The van der Waals surface area contributed by atoms with Gasteiger partial charge < -0.3 is 35.0 Å². The average Bonchev–Trinajstić information content (AvgIpc) is 3.93. The lowest BCUT2D eigenvalue weighted by molar-refractivity contribution is 0.322. The van der Waals surface area contributed by atoms with E-state index in [1.54, 1.807) is 27.2 Å². The summed E-state index contributed by atoms with van der Waals surface area (Å²) in [6.07, 6.45) is 0. The van der Waals surface area contributed by atoms with Gasteiger partial charge in [0, 0.05) is 44.1 Å². The van der Waals surface area contributed by atoms with Gasteiger partial charge in [-0.05, 0) is 83.0 Å². The number of aliphatic hydroxyl groups is 1. The van der Waals surface area contributed by atoms with Gasteiger partial charge in [-0.2, -0.15) is 23.4 Å². The summed E-state index contributed by atoms with van der Waals surface area (Å²) in [5.74, 6) is 1.79. The van der Waals surface area contributed by atoms with Gasteiger partial charge in [0.05, 0.1) is 68.9 Å². The van der Waals surface area contributed by atoms with Crippen LogP contribution in [0.3, 0.4) is 0 Å². The van der Waals surface area contributed by atoms with Crippen LogP contribution < -0.4 is 29.9 Å². The number of nitrogens with one attached hydrogen (secondary N) is 2. The molecule has 0 aliphatic heterocycles. The molecule has 0 aliphatic carbocycles. The Kier molecular flexibility index (Phi) is 15.2. The molecule has 3 aromatic heterocycles. The van der Waals surface area contributed by atoms with Gasteiger partial charge in [0.15, 0.2) is 5.16 Å². The van der Waals surface area contributed by atoms with Gasteiger partial charge in [-0.15, -0.1) is 20.5 Å². The lowest BCUT2D eigenvalue weighted by Gasteiger charge is -2.25. The van der Waals surface area contributed by atoms with E-state index in [0.717, 1.165) is 38.5 Å². The standard InChI is InChI=1S/C43H49N13O6S4/c1-9-55(10-2)32-20-28(30(22-34(32)61-7)51-53-42-46-26-15-13-14-24(5)37(26)64-42)44-39-48-40(50-41(49-39)63-19-18-57)45-29-21-33(56(11-3)12-4)35(62-8)23-31(29)52-54-43-47-27-16-17-36(66(58,59)60)25(6)38(27)65-43/h13-17,20-23,57H,9-12,18-19H2,1-8H3,(H,58,59,60)(H2,44,45,48,49,50). The Bertz CT molecular complexity index is 3040. The lowest BCUT2D eigenvalue weighted by Crippen LogP contribution is -2.22. The van der Waals surface area contributed by atoms with E-state index in [1.165, 1.54) is 35.2 Å². The highest BCUT2D eigenvalue weighted by Gasteiger charge is 2.21. The zero-order chi connectivity index (χ0) is 47.1. The average molecular weight is 972 g/mol. The van der Waals surface area contributed by atoms with Crippen LogP contribution in [0.1, 0.15) is 38.8 Å². The Labute approximate surface area is 394 Å². The molecule has 66 heavy (non-hydrogen) atoms. The van der Waals surface area contributed by atoms with Crippen molar-refractivity contribution >= 4 is 121 Å². The number of aryl methyl sites for hydroxylation is 2. The van der Waals surface area contributed by atoms with E-state index in [0.29, 0.717) is 92.2 Å². The van der Waals surface area contributed by atoms with Crippen molar-refractivity contribution in [3.8, 4) is 11.5 Å². The molecule has 0 saturated heterocycles. The summed E-state index contributed by atoms with van der Waals surface area (Å²) >= 11 is 3.83. The number of fused-ring (bicyclic) bond motifs is 2. The molecule has 0 spiro atoms. The Morgan fingerprint density at radius 1 is 0.697 bits per heavy atom. The number of nitrogens with zero attached hydrogens (tertiary/aromatic N) is 11. The fourth-order valence-corrected chi connectivity index (χ4v) is 10.2. The zero-order valence-corrected chi connectivity index (χ0v) is 40.8. The number of benzene rings is 4.